The molecule has 2 heteroatoms. The summed E-state index contributed by atoms with van der Waals surface area (Å²) in [5.41, 5.74) is 5.14. The molecule has 74 valence electrons. The number of fused-ring (bicyclic) bond motifs is 1. The number of nitrogens with zero attached hydrogens (tertiary/aromatic N) is 1. The van der Waals surface area contributed by atoms with Crippen LogP contribution in [0.4, 0.5) is 0 Å². The van der Waals surface area contributed by atoms with E-state index < -0.39 is 0 Å². The fourth-order valence-corrected chi connectivity index (χ4v) is 1.90. The van der Waals surface area contributed by atoms with Crippen LogP contribution in [0.3, 0.4) is 0 Å². The highest BCUT2D eigenvalue weighted by Crippen LogP contribution is 2.19. The Labute approximate surface area is 84.4 Å². The Morgan fingerprint density at radius 2 is 2.07 bits per heavy atom. The van der Waals surface area contributed by atoms with Gasteiger partial charge in [-0.25, -0.2) is 4.98 Å². The first-order valence-corrected chi connectivity index (χ1v) is 5.30. The van der Waals surface area contributed by atoms with Crippen LogP contribution >= 0.6 is 0 Å². The lowest BCUT2D eigenvalue weighted by Gasteiger charge is -2.06. The van der Waals surface area contributed by atoms with Gasteiger partial charge < -0.3 is 4.98 Å². The van der Waals surface area contributed by atoms with Crippen molar-refractivity contribution in [1.29, 1.82) is 0 Å². The van der Waals surface area contributed by atoms with Gasteiger partial charge in [0.15, 0.2) is 0 Å². The van der Waals surface area contributed by atoms with Crippen LogP contribution in [-0.2, 0) is 12.8 Å². The van der Waals surface area contributed by atoms with Gasteiger partial charge in [0.1, 0.15) is 0 Å². The smallest absolute Gasteiger partial charge is 0.0931 e. The van der Waals surface area contributed by atoms with E-state index in [9.17, 15) is 0 Å². The van der Waals surface area contributed by atoms with Crippen LogP contribution in [0.1, 0.15) is 31.4 Å². The van der Waals surface area contributed by atoms with Gasteiger partial charge in [-0.15, -0.1) is 0 Å². The second-order valence-electron chi connectivity index (χ2n) is 3.64. The Morgan fingerprint density at radius 1 is 1.21 bits per heavy atom. The number of nitrogens with one attached hydrogen (secondary N) is 1. The van der Waals surface area contributed by atoms with Gasteiger partial charge in [0.2, 0.25) is 0 Å². The molecule has 0 fully saturated rings. The Balaban J connectivity index is 2.54. The molecule has 0 amide bonds. The van der Waals surface area contributed by atoms with Crippen molar-refractivity contribution in [2.45, 2.75) is 33.1 Å². The number of imidazole rings is 1. The first-order valence-electron chi connectivity index (χ1n) is 5.30. The standard InChI is InChI=1S/C12H16N2/c1-3-5-10-7-12-11(13-8-14-12)6-9(10)4-2/h6-8H,3-5H2,1-2H3,(H,13,14). The topological polar surface area (TPSA) is 28.7 Å². The van der Waals surface area contributed by atoms with Gasteiger partial charge in [0.05, 0.1) is 17.4 Å². The lowest BCUT2D eigenvalue weighted by Crippen LogP contribution is -1.92. The molecule has 0 bridgehead atoms. The molecular formula is C12H16N2. The highest BCUT2D eigenvalue weighted by atomic mass is 14.9. The van der Waals surface area contributed by atoms with Gasteiger partial charge in [-0.3, -0.25) is 0 Å². The van der Waals surface area contributed by atoms with Gasteiger partial charge in [-0.2, -0.15) is 0 Å². The molecule has 2 aromatic rings. The molecule has 0 aliphatic rings. The summed E-state index contributed by atoms with van der Waals surface area (Å²) in [5.74, 6) is 0. The van der Waals surface area contributed by atoms with Gasteiger partial charge in [-0.05, 0) is 36.1 Å². The summed E-state index contributed by atoms with van der Waals surface area (Å²) in [6.07, 6.45) is 5.22. The molecule has 0 aliphatic carbocycles. The summed E-state index contributed by atoms with van der Waals surface area (Å²) in [6, 6.07) is 4.45. The average Bonchev–Trinajstić information content (AvgIpc) is 2.64. The Bertz CT molecular complexity index is 429. The number of benzene rings is 1. The van der Waals surface area contributed by atoms with E-state index in [2.05, 4.69) is 35.9 Å². The first-order chi connectivity index (χ1) is 6.85. The lowest BCUT2D eigenvalue weighted by molar-refractivity contribution is 0.901. The fraction of sp³-hybridized carbons (Fsp3) is 0.417. The Kier molecular flexibility index (Phi) is 2.53. The fourth-order valence-electron chi connectivity index (χ4n) is 1.90. The molecule has 1 N–H and O–H groups in total. The van der Waals surface area contributed by atoms with E-state index in [-0.39, 0.29) is 0 Å². The van der Waals surface area contributed by atoms with Crippen LogP contribution in [0, 0.1) is 0 Å². The maximum Gasteiger partial charge on any atom is 0.0931 e. The molecule has 0 atom stereocenters. The summed E-state index contributed by atoms with van der Waals surface area (Å²) >= 11 is 0. The van der Waals surface area contributed by atoms with E-state index in [0.29, 0.717) is 0 Å². The van der Waals surface area contributed by atoms with E-state index >= 15 is 0 Å². The number of rotatable bonds is 3. The molecular weight excluding hydrogens is 172 g/mol. The molecule has 1 heterocycles. The molecule has 2 nitrogen and oxygen atoms in total. The molecule has 0 aliphatic heterocycles. The van der Waals surface area contributed by atoms with Gasteiger partial charge in [-0.1, -0.05) is 20.3 Å². The average molecular weight is 188 g/mol. The van der Waals surface area contributed by atoms with E-state index in [1.54, 1.807) is 6.33 Å². The molecule has 0 unspecified atom stereocenters. The summed E-state index contributed by atoms with van der Waals surface area (Å²) in [7, 11) is 0. The predicted octanol–water partition coefficient (Wildman–Crippen LogP) is 3.08. The zero-order valence-corrected chi connectivity index (χ0v) is 8.80. The number of H-pyrrole nitrogens is 1. The monoisotopic (exact) mass is 188 g/mol. The Morgan fingerprint density at radius 3 is 2.79 bits per heavy atom. The van der Waals surface area contributed by atoms with Crippen molar-refractivity contribution in [3.05, 3.63) is 29.6 Å². The van der Waals surface area contributed by atoms with Gasteiger partial charge in [0.25, 0.3) is 0 Å². The van der Waals surface area contributed by atoms with Crippen LogP contribution in [0.25, 0.3) is 11.0 Å². The number of aromatic nitrogens is 2. The van der Waals surface area contributed by atoms with Crippen LogP contribution in [0.5, 0.6) is 0 Å². The van der Waals surface area contributed by atoms with Crippen molar-refractivity contribution in [3.63, 3.8) is 0 Å². The summed E-state index contributed by atoms with van der Waals surface area (Å²) in [4.78, 5) is 7.43. The third kappa shape index (κ3) is 1.52. The van der Waals surface area contributed by atoms with Crippen LogP contribution < -0.4 is 0 Å². The van der Waals surface area contributed by atoms with Crippen molar-refractivity contribution in [3.8, 4) is 0 Å². The van der Waals surface area contributed by atoms with E-state index in [1.807, 2.05) is 0 Å². The highest BCUT2D eigenvalue weighted by Gasteiger charge is 2.04. The zero-order chi connectivity index (χ0) is 9.97. The van der Waals surface area contributed by atoms with Crippen molar-refractivity contribution in [2.75, 3.05) is 0 Å². The molecule has 0 spiro atoms. The minimum Gasteiger partial charge on any atom is -0.345 e. The molecule has 2 rings (SSSR count). The van der Waals surface area contributed by atoms with Crippen LogP contribution in [0.15, 0.2) is 18.5 Å². The quantitative estimate of drug-likeness (QED) is 0.787. The third-order valence-corrected chi connectivity index (χ3v) is 2.64. The first kappa shape index (κ1) is 9.25. The number of aromatic amines is 1. The van der Waals surface area contributed by atoms with Gasteiger partial charge >= 0.3 is 0 Å². The number of hydrogen-bond donors (Lipinski definition) is 1. The summed E-state index contributed by atoms with van der Waals surface area (Å²) < 4.78 is 0. The second-order valence-corrected chi connectivity index (χ2v) is 3.64. The third-order valence-electron chi connectivity index (χ3n) is 2.64. The summed E-state index contributed by atoms with van der Waals surface area (Å²) in [5, 5.41) is 0. The van der Waals surface area contributed by atoms with Gasteiger partial charge in [0, 0.05) is 0 Å². The largest absolute Gasteiger partial charge is 0.345 e. The van der Waals surface area contributed by atoms with Crippen molar-refractivity contribution >= 4 is 11.0 Å². The Hall–Kier alpha value is -1.31. The van der Waals surface area contributed by atoms with Crippen molar-refractivity contribution in [2.24, 2.45) is 0 Å². The van der Waals surface area contributed by atoms with Crippen LogP contribution in [0.2, 0.25) is 0 Å². The SMILES string of the molecule is CCCc1cc2[nH]cnc2cc1CC. The highest BCUT2D eigenvalue weighted by molar-refractivity contribution is 5.76. The second kappa shape index (κ2) is 3.82. The maximum absolute atomic E-state index is 4.27. The van der Waals surface area contributed by atoms with Crippen molar-refractivity contribution < 1.29 is 0 Å². The predicted molar refractivity (Wildman–Crippen MR) is 59.5 cm³/mol. The molecule has 1 aromatic carbocycles. The van der Waals surface area contributed by atoms with Crippen LogP contribution in [-0.4, -0.2) is 9.97 Å². The molecule has 0 saturated carbocycles. The van der Waals surface area contributed by atoms with E-state index in [4.69, 9.17) is 0 Å². The molecule has 14 heavy (non-hydrogen) atoms. The molecule has 0 saturated heterocycles. The zero-order valence-electron chi connectivity index (χ0n) is 8.80. The normalized spacial score (nSPS) is 11.0. The minimum atomic E-state index is 1.08. The molecule has 0 radical (unpaired) electrons. The molecule has 1 aromatic heterocycles. The lowest BCUT2D eigenvalue weighted by atomic mass is 10.0. The number of hydrogen-bond acceptors (Lipinski definition) is 1. The van der Waals surface area contributed by atoms with E-state index in [1.165, 1.54) is 17.5 Å². The minimum absolute atomic E-state index is 1.08. The van der Waals surface area contributed by atoms with E-state index in [0.717, 1.165) is 23.9 Å². The number of aryl methyl sites for hydroxylation is 2. The summed E-state index contributed by atoms with van der Waals surface area (Å²) in [6.45, 7) is 4.42. The maximum atomic E-state index is 4.27. The van der Waals surface area contributed by atoms with Crippen molar-refractivity contribution in [1.82, 2.24) is 9.97 Å².